The number of rotatable bonds is 6. The number of benzene rings is 1. The van der Waals surface area contributed by atoms with Crippen LogP contribution in [0.3, 0.4) is 0 Å². The summed E-state index contributed by atoms with van der Waals surface area (Å²) in [6, 6.07) is 4.08. The maximum atomic E-state index is 12.7. The molecular formula is C31H45NO6. The van der Waals surface area contributed by atoms with E-state index >= 15 is 0 Å². The van der Waals surface area contributed by atoms with Gasteiger partial charge in [-0.2, -0.15) is 0 Å². The van der Waals surface area contributed by atoms with Gasteiger partial charge in [0.15, 0.2) is 0 Å². The quantitative estimate of drug-likeness (QED) is 0.314. The van der Waals surface area contributed by atoms with Gasteiger partial charge in [-0.3, -0.25) is 4.79 Å². The Morgan fingerprint density at radius 2 is 1.74 bits per heavy atom. The summed E-state index contributed by atoms with van der Waals surface area (Å²) in [6.07, 6.45) is 8.83. The predicted molar refractivity (Wildman–Crippen MR) is 145 cm³/mol. The van der Waals surface area contributed by atoms with Gasteiger partial charge < -0.3 is 25.7 Å². The summed E-state index contributed by atoms with van der Waals surface area (Å²) in [5, 5.41) is 43.4. The monoisotopic (exact) mass is 527 g/mol. The number of aliphatic hydroxyl groups is 2. The molecule has 10 atom stereocenters. The number of carboxylic acids is 1. The fourth-order valence-corrected chi connectivity index (χ4v) is 9.74. The highest BCUT2D eigenvalue weighted by Crippen LogP contribution is 2.68. The van der Waals surface area contributed by atoms with Crippen molar-refractivity contribution in [2.75, 3.05) is 5.32 Å². The van der Waals surface area contributed by atoms with Gasteiger partial charge in [-0.15, -0.1) is 0 Å². The number of aromatic hydroxyl groups is 1. The molecule has 7 nitrogen and oxygen atoms in total. The smallest absolute Gasteiger partial charge is 0.339 e. The minimum absolute atomic E-state index is 0.150. The molecule has 0 heterocycles. The zero-order valence-electron chi connectivity index (χ0n) is 23.0. The molecule has 7 heteroatoms. The molecule has 5 N–H and O–H groups in total. The summed E-state index contributed by atoms with van der Waals surface area (Å²) in [5.74, 6) is 0.969. The number of nitrogens with one attached hydrogen (secondary N) is 1. The molecule has 9 unspecified atom stereocenters. The first-order valence-electron chi connectivity index (χ1n) is 14.7. The summed E-state index contributed by atoms with van der Waals surface area (Å²) >= 11 is 0. The normalized spacial score (nSPS) is 40.9. The first-order valence-corrected chi connectivity index (χ1v) is 14.7. The standard InChI is InChI=1S/C31H45NO6/c1-17(4-9-27(36)32-19-5-8-25(34)21(16-19)29(37)38)22-6-7-23-28-24(11-13-31(22,23)3)30(2)12-10-20(33)14-18(30)15-26(28)35/h5,8,16-18,20,22-24,26,28,33-35H,4,6-7,9-15H2,1-3H3,(H,32,36)(H,37,38)/t17?,18?,20-,22?,23?,24?,26?,28?,30?,31?/m1/s1. The van der Waals surface area contributed by atoms with Crippen LogP contribution in [0.1, 0.15) is 95.3 Å². The van der Waals surface area contributed by atoms with Crippen molar-refractivity contribution in [1.29, 1.82) is 0 Å². The Bertz CT molecular complexity index is 1070. The van der Waals surface area contributed by atoms with Crippen LogP contribution in [0.4, 0.5) is 5.69 Å². The van der Waals surface area contributed by atoms with Crippen LogP contribution in [-0.4, -0.2) is 44.5 Å². The van der Waals surface area contributed by atoms with E-state index in [-0.39, 0.29) is 40.3 Å². The Morgan fingerprint density at radius 1 is 1.03 bits per heavy atom. The number of aromatic carboxylic acids is 1. The van der Waals surface area contributed by atoms with Gasteiger partial charge in [0.1, 0.15) is 11.3 Å². The fourth-order valence-electron chi connectivity index (χ4n) is 9.74. The molecule has 0 radical (unpaired) electrons. The van der Waals surface area contributed by atoms with Crippen LogP contribution in [0.5, 0.6) is 5.75 Å². The lowest BCUT2D eigenvalue weighted by Gasteiger charge is -2.62. The number of carbonyl (C=O) groups is 2. The highest BCUT2D eigenvalue weighted by molar-refractivity contribution is 5.95. The van der Waals surface area contributed by atoms with E-state index in [9.17, 15) is 30.0 Å². The van der Waals surface area contributed by atoms with E-state index in [1.165, 1.54) is 24.6 Å². The van der Waals surface area contributed by atoms with E-state index in [0.717, 1.165) is 51.4 Å². The van der Waals surface area contributed by atoms with Crippen LogP contribution < -0.4 is 5.32 Å². The van der Waals surface area contributed by atoms with Gasteiger partial charge in [0.2, 0.25) is 5.91 Å². The molecule has 0 bridgehead atoms. The van der Waals surface area contributed by atoms with E-state index in [4.69, 9.17) is 0 Å². The van der Waals surface area contributed by atoms with Crippen molar-refractivity contribution in [3.05, 3.63) is 23.8 Å². The maximum absolute atomic E-state index is 12.7. The second-order valence-electron chi connectivity index (χ2n) is 13.6. The van der Waals surface area contributed by atoms with Crippen LogP contribution in [0.15, 0.2) is 18.2 Å². The summed E-state index contributed by atoms with van der Waals surface area (Å²) in [7, 11) is 0. The van der Waals surface area contributed by atoms with Crippen LogP contribution in [0.2, 0.25) is 0 Å². The molecule has 1 aromatic rings. The first-order chi connectivity index (χ1) is 17.9. The van der Waals surface area contributed by atoms with E-state index in [0.29, 0.717) is 47.6 Å². The topological polar surface area (TPSA) is 127 Å². The fraction of sp³-hybridized carbons (Fsp3) is 0.742. The first kappa shape index (κ1) is 27.4. The third-order valence-electron chi connectivity index (χ3n) is 11.8. The minimum Gasteiger partial charge on any atom is -0.507 e. The van der Waals surface area contributed by atoms with Gasteiger partial charge in [-0.05, 0) is 122 Å². The second-order valence-corrected chi connectivity index (χ2v) is 13.6. The lowest BCUT2D eigenvalue weighted by molar-refractivity contribution is -0.174. The molecule has 1 amide bonds. The largest absolute Gasteiger partial charge is 0.507 e. The molecule has 4 aliphatic carbocycles. The van der Waals surface area contributed by atoms with E-state index in [1.807, 2.05) is 0 Å². The Hall–Kier alpha value is -2.12. The minimum atomic E-state index is -1.24. The van der Waals surface area contributed by atoms with Gasteiger partial charge >= 0.3 is 5.97 Å². The lowest BCUT2D eigenvalue weighted by atomic mass is 9.43. The van der Waals surface area contributed by atoms with Crippen molar-refractivity contribution in [3.63, 3.8) is 0 Å². The van der Waals surface area contributed by atoms with E-state index in [1.54, 1.807) is 0 Å². The molecule has 0 saturated heterocycles. The second kappa shape index (κ2) is 10.1. The number of aliphatic hydroxyl groups excluding tert-OH is 2. The Morgan fingerprint density at radius 3 is 2.47 bits per heavy atom. The van der Waals surface area contributed by atoms with Gasteiger partial charge in [0, 0.05) is 12.1 Å². The highest BCUT2D eigenvalue weighted by atomic mass is 16.4. The average Bonchev–Trinajstić information content (AvgIpc) is 3.22. The summed E-state index contributed by atoms with van der Waals surface area (Å²) in [4.78, 5) is 24.0. The summed E-state index contributed by atoms with van der Waals surface area (Å²) < 4.78 is 0. The molecule has 4 aliphatic rings. The molecule has 38 heavy (non-hydrogen) atoms. The third kappa shape index (κ3) is 4.64. The summed E-state index contributed by atoms with van der Waals surface area (Å²) in [6.45, 7) is 7.15. The van der Waals surface area contributed by atoms with E-state index in [2.05, 4.69) is 26.1 Å². The number of carboxylic acid groups (broad SMARTS) is 1. The molecular weight excluding hydrogens is 482 g/mol. The molecule has 0 spiro atoms. The number of carbonyl (C=O) groups excluding carboxylic acids is 1. The molecule has 4 fully saturated rings. The van der Waals surface area contributed by atoms with Gasteiger partial charge in [-0.1, -0.05) is 20.8 Å². The number of anilines is 1. The van der Waals surface area contributed by atoms with Crippen molar-refractivity contribution in [2.24, 2.45) is 46.3 Å². The number of hydrogen-bond acceptors (Lipinski definition) is 5. The van der Waals surface area contributed by atoms with Crippen LogP contribution in [0.25, 0.3) is 0 Å². The average molecular weight is 528 g/mol. The molecule has 5 rings (SSSR count). The van der Waals surface area contributed by atoms with Crippen molar-refractivity contribution in [3.8, 4) is 5.75 Å². The number of phenols is 1. The van der Waals surface area contributed by atoms with Crippen molar-refractivity contribution in [1.82, 2.24) is 0 Å². The van der Waals surface area contributed by atoms with Crippen LogP contribution in [0, 0.1) is 46.3 Å². The Balaban J connectivity index is 1.23. The molecule has 210 valence electrons. The number of fused-ring (bicyclic) bond motifs is 5. The van der Waals surface area contributed by atoms with Gasteiger partial charge in [0.05, 0.1) is 12.2 Å². The van der Waals surface area contributed by atoms with Crippen molar-refractivity contribution >= 4 is 17.6 Å². The molecule has 0 aliphatic heterocycles. The van der Waals surface area contributed by atoms with Crippen molar-refractivity contribution < 1.29 is 30.0 Å². The SMILES string of the molecule is CC(CCC(=O)Nc1ccc(O)c(C(=O)O)c1)C1CCC2C3C(O)CC4C[C@H](O)CCC4(C)C3CCC12C. The van der Waals surface area contributed by atoms with Crippen molar-refractivity contribution in [2.45, 2.75) is 97.2 Å². The third-order valence-corrected chi connectivity index (χ3v) is 11.8. The zero-order chi connectivity index (χ0) is 27.4. The molecule has 4 saturated carbocycles. The molecule has 1 aromatic carbocycles. The molecule has 0 aromatic heterocycles. The maximum Gasteiger partial charge on any atom is 0.339 e. The highest BCUT2D eigenvalue weighted by Gasteiger charge is 2.62. The van der Waals surface area contributed by atoms with Gasteiger partial charge in [-0.25, -0.2) is 4.79 Å². The number of amides is 1. The van der Waals surface area contributed by atoms with Crippen LogP contribution >= 0.6 is 0 Å². The predicted octanol–water partition coefficient (Wildman–Crippen LogP) is 5.44. The van der Waals surface area contributed by atoms with E-state index < -0.39 is 5.97 Å². The number of hydrogen-bond donors (Lipinski definition) is 5. The van der Waals surface area contributed by atoms with Crippen LogP contribution in [-0.2, 0) is 4.79 Å². The lowest BCUT2D eigenvalue weighted by Crippen LogP contribution is -2.58. The Kier molecular flexibility index (Phi) is 7.31. The zero-order valence-corrected chi connectivity index (χ0v) is 23.0. The van der Waals surface area contributed by atoms with Gasteiger partial charge in [0.25, 0.3) is 0 Å². The Labute approximate surface area is 226 Å². The summed E-state index contributed by atoms with van der Waals surface area (Å²) in [5.41, 5.74) is 0.535.